The first-order valence-corrected chi connectivity index (χ1v) is 11.2. The van der Waals surface area contributed by atoms with Gasteiger partial charge in [0.05, 0.1) is 0 Å². The van der Waals surface area contributed by atoms with Crippen LogP contribution in [0.3, 0.4) is 0 Å². The molecule has 1 saturated heterocycles. The first-order valence-electron chi connectivity index (χ1n) is 11.2. The Morgan fingerprint density at radius 2 is 1.48 bits per heavy atom. The fourth-order valence-corrected chi connectivity index (χ4v) is 5.05. The number of carbonyl (C=O) groups is 2. The molecule has 0 radical (unpaired) electrons. The van der Waals surface area contributed by atoms with Crippen LogP contribution in [0.5, 0.6) is 0 Å². The van der Waals surface area contributed by atoms with Crippen LogP contribution in [0.25, 0.3) is 0 Å². The molecule has 0 bridgehead atoms. The van der Waals surface area contributed by atoms with Gasteiger partial charge >= 0.3 is 0 Å². The molecule has 2 amide bonds. The SMILES string of the molecule is O=C(CN1C(=O)C(c2ccccc2)=NC12CCCC2)N1CCN(c2ccccc2)CC1. The van der Waals surface area contributed by atoms with Crippen molar-refractivity contribution in [3.05, 3.63) is 66.2 Å². The van der Waals surface area contributed by atoms with Crippen molar-refractivity contribution in [3.8, 4) is 0 Å². The highest BCUT2D eigenvalue weighted by atomic mass is 16.2. The standard InChI is InChI=1S/C25H28N4O2/c30-22(28-17-15-27(16-18-28)21-11-5-2-6-12-21)19-29-24(31)23(20-9-3-1-4-10-20)26-25(29)13-7-8-14-25/h1-6,9-12H,7-8,13-19H2. The highest BCUT2D eigenvalue weighted by Crippen LogP contribution is 2.41. The summed E-state index contributed by atoms with van der Waals surface area (Å²) in [5.74, 6) is -0.0822. The van der Waals surface area contributed by atoms with Crippen molar-refractivity contribution in [3.63, 3.8) is 0 Å². The fraction of sp³-hybridized carbons (Fsp3) is 0.400. The second-order valence-corrected chi connectivity index (χ2v) is 8.61. The van der Waals surface area contributed by atoms with Crippen LogP contribution in [0.15, 0.2) is 65.7 Å². The van der Waals surface area contributed by atoms with E-state index in [1.807, 2.05) is 53.4 Å². The van der Waals surface area contributed by atoms with E-state index in [4.69, 9.17) is 4.99 Å². The summed E-state index contributed by atoms with van der Waals surface area (Å²) in [5, 5.41) is 0. The number of hydrogen-bond acceptors (Lipinski definition) is 4. The molecule has 2 aliphatic heterocycles. The molecule has 2 aromatic carbocycles. The predicted molar refractivity (Wildman–Crippen MR) is 121 cm³/mol. The number of aliphatic imine (C=N–C) groups is 1. The van der Waals surface area contributed by atoms with Gasteiger partial charge in [-0.3, -0.25) is 14.6 Å². The van der Waals surface area contributed by atoms with E-state index in [2.05, 4.69) is 17.0 Å². The Labute approximate surface area is 183 Å². The molecule has 0 atom stereocenters. The lowest BCUT2D eigenvalue weighted by Gasteiger charge is -2.38. The third-order valence-electron chi connectivity index (χ3n) is 6.77. The minimum atomic E-state index is -0.538. The Bertz CT molecular complexity index is 975. The van der Waals surface area contributed by atoms with Gasteiger partial charge in [-0.25, -0.2) is 0 Å². The third kappa shape index (κ3) is 3.71. The highest BCUT2D eigenvalue weighted by Gasteiger charge is 2.49. The maximum absolute atomic E-state index is 13.3. The number of carbonyl (C=O) groups excluding carboxylic acids is 2. The first kappa shape index (κ1) is 19.8. The van der Waals surface area contributed by atoms with Crippen molar-refractivity contribution >= 4 is 23.2 Å². The number of para-hydroxylation sites is 1. The molecule has 160 valence electrons. The van der Waals surface area contributed by atoms with Gasteiger partial charge in [-0.2, -0.15) is 0 Å². The number of benzene rings is 2. The van der Waals surface area contributed by atoms with Crippen LogP contribution in [0.4, 0.5) is 5.69 Å². The van der Waals surface area contributed by atoms with Gasteiger partial charge in [0.25, 0.3) is 5.91 Å². The highest BCUT2D eigenvalue weighted by molar-refractivity contribution is 6.47. The van der Waals surface area contributed by atoms with Gasteiger partial charge in [0.1, 0.15) is 17.9 Å². The van der Waals surface area contributed by atoms with Crippen LogP contribution >= 0.6 is 0 Å². The lowest BCUT2D eigenvalue weighted by Crippen LogP contribution is -2.54. The Kier molecular flexibility index (Phi) is 5.22. The summed E-state index contributed by atoms with van der Waals surface area (Å²) in [7, 11) is 0. The molecule has 1 saturated carbocycles. The van der Waals surface area contributed by atoms with Crippen molar-refractivity contribution in [2.45, 2.75) is 31.3 Å². The molecule has 2 fully saturated rings. The molecular weight excluding hydrogens is 388 g/mol. The average molecular weight is 417 g/mol. The van der Waals surface area contributed by atoms with Gasteiger partial charge in [0.2, 0.25) is 5.91 Å². The normalized spacial score (nSPS) is 20.5. The second-order valence-electron chi connectivity index (χ2n) is 8.61. The number of rotatable bonds is 4. The minimum absolute atomic E-state index is 0.0249. The minimum Gasteiger partial charge on any atom is -0.368 e. The molecule has 31 heavy (non-hydrogen) atoms. The molecule has 1 aliphatic carbocycles. The maximum Gasteiger partial charge on any atom is 0.275 e. The number of piperazine rings is 1. The van der Waals surface area contributed by atoms with E-state index in [-0.39, 0.29) is 18.4 Å². The first-order chi connectivity index (χ1) is 15.2. The molecule has 0 aromatic heterocycles. The van der Waals surface area contributed by atoms with Crippen molar-refractivity contribution in [2.24, 2.45) is 4.99 Å². The number of anilines is 1. The predicted octanol–water partition coefficient (Wildman–Crippen LogP) is 2.94. The molecule has 0 N–H and O–H groups in total. The molecular formula is C25H28N4O2. The van der Waals surface area contributed by atoms with E-state index in [0.29, 0.717) is 18.8 Å². The molecule has 3 aliphatic rings. The van der Waals surface area contributed by atoms with E-state index in [1.165, 1.54) is 5.69 Å². The summed E-state index contributed by atoms with van der Waals surface area (Å²) >= 11 is 0. The lowest BCUT2D eigenvalue weighted by atomic mass is 10.1. The molecule has 2 heterocycles. The van der Waals surface area contributed by atoms with Crippen LogP contribution in [0.2, 0.25) is 0 Å². The van der Waals surface area contributed by atoms with Crippen molar-refractivity contribution in [1.82, 2.24) is 9.80 Å². The largest absolute Gasteiger partial charge is 0.368 e. The van der Waals surface area contributed by atoms with E-state index >= 15 is 0 Å². The Balaban J connectivity index is 1.28. The molecule has 0 unspecified atom stereocenters. The Hall–Kier alpha value is -3.15. The van der Waals surface area contributed by atoms with Gasteiger partial charge in [0, 0.05) is 37.4 Å². The van der Waals surface area contributed by atoms with Crippen LogP contribution in [0.1, 0.15) is 31.2 Å². The Morgan fingerprint density at radius 1 is 0.871 bits per heavy atom. The van der Waals surface area contributed by atoms with Crippen LogP contribution in [-0.4, -0.2) is 65.7 Å². The van der Waals surface area contributed by atoms with Gasteiger partial charge in [-0.15, -0.1) is 0 Å². The number of hydrogen-bond donors (Lipinski definition) is 0. The van der Waals surface area contributed by atoms with Gasteiger partial charge in [0.15, 0.2) is 0 Å². The van der Waals surface area contributed by atoms with E-state index in [1.54, 1.807) is 4.90 Å². The van der Waals surface area contributed by atoms with E-state index in [0.717, 1.165) is 44.3 Å². The zero-order valence-electron chi connectivity index (χ0n) is 17.7. The Morgan fingerprint density at radius 3 is 2.13 bits per heavy atom. The monoisotopic (exact) mass is 416 g/mol. The third-order valence-corrected chi connectivity index (χ3v) is 6.77. The molecule has 1 spiro atoms. The second kappa shape index (κ2) is 8.17. The maximum atomic E-state index is 13.3. The van der Waals surface area contributed by atoms with Gasteiger partial charge in [-0.1, -0.05) is 48.5 Å². The molecule has 6 heteroatoms. The summed E-state index contributed by atoms with van der Waals surface area (Å²) in [5.41, 5.74) is 1.99. The lowest BCUT2D eigenvalue weighted by molar-refractivity contribution is -0.140. The zero-order valence-corrected chi connectivity index (χ0v) is 17.7. The van der Waals surface area contributed by atoms with Gasteiger partial charge in [-0.05, 0) is 37.8 Å². The molecule has 5 rings (SSSR count). The fourth-order valence-electron chi connectivity index (χ4n) is 5.05. The van der Waals surface area contributed by atoms with Gasteiger partial charge < -0.3 is 14.7 Å². The number of nitrogens with zero attached hydrogens (tertiary/aromatic N) is 4. The molecule has 6 nitrogen and oxygen atoms in total. The smallest absolute Gasteiger partial charge is 0.275 e. The summed E-state index contributed by atoms with van der Waals surface area (Å²) in [4.78, 5) is 37.4. The average Bonchev–Trinajstić information content (AvgIpc) is 3.41. The zero-order chi connectivity index (χ0) is 21.3. The quantitative estimate of drug-likeness (QED) is 0.770. The van der Waals surface area contributed by atoms with Crippen LogP contribution in [-0.2, 0) is 9.59 Å². The van der Waals surface area contributed by atoms with Crippen LogP contribution < -0.4 is 4.90 Å². The summed E-state index contributed by atoms with van der Waals surface area (Å²) < 4.78 is 0. The van der Waals surface area contributed by atoms with Crippen molar-refractivity contribution in [2.75, 3.05) is 37.6 Å². The summed E-state index contributed by atoms with van der Waals surface area (Å²) in [6.07, 6.45) is 3.76. The summed E-state index contributed by atoms with van der Waals surface area (Å²) in [6, 6.07) is 19.9. The molecule has 2 aromatic rings. The summed E-state index contributed by atoms with van der Waals surface area (Å²) in [6.45, 7) is 3.08. The van der Waals surface area contributed by atoms with E-state index < -0.39 is 5.66 Å². The van der Waals surface area contributed by atoms with E-state index in [9.17, 15) is 9.59 Å². The number of amides is 2. The topological polar surface area (TPSA) is 56.2 Å². The van der Waals surface area contributed by atoms with Crippen molar-refractivity contribution in [1.29, 1.82) is 0 Å². The van der Waals surface area contributed by atoms with Crippen molar-refractivity contribution < 1.29 is 9.59 Å². The van der Waals surface area contributed by atoms with Crippen LogP contribution in [0, 0.1) is 0 Å².